The summed E-state index contributed by atoms with van der Waals surface area (Å²) in [5.74, 6) is 1.06. The monoisotopic (exact) mass is 522 g/mol. The largest absolute Gasteiger partial charge is 0.489 e. The molecule has 1 aromatic heterocycles. The molecule has 0 saturated carbocycles. The highest BCUT2D eigenvalue weighted by atomic mass is 32.1. The number of piperazine rings is 1. The Morgan fingerprint density at radius 2 is 1.84 bits per heavy atom. The van der Waals surface area contributed by atoms with Gasteiger partial charge in [0, 0.05) is 50.7 Å². The summed E-state index contributed by atoms with van der Waals surface area (Å²) in [5.41, 5.74) is 5.52. The van der Waals surface area contributed by atoms with E-state index in [4.69, 9.17) is 9.47 Å². The van der Waals surface area contributed by atoms with Crippen molar-refractivity contribution in [3.63, 3.8) is 0 Å². The molecule has 8 nitrogen and oxygen atoms in total. The first-order chi connectivity index (χ1) is 17.7. The summed E-state index contributed by atoms with van der Waals surface area (Å²) >= 11 is 1.57. The summed E-state index contributed by atoms with van der Waals surface area (Å²) in [6, 6.07) is 12.7. The molecule has 2 aliphatic heterocycles. The zero-order valence-corrected chi connectivity index (χ0v) is 22.6. The van der Waals surface area contributed by atoms with Crippen LogP contribution in [0.15, 0.2) is 41.9 Å². The molecular weight excluding hydrogens is 488 g/mol. The second-order valence-electron chi connectivity index (χ2n) is 10.8. The molecule has 2 aromatic carbocycles. The molecule has 37 heavy (non-hydrogen) atoms. The Morgan fingerprint density at radius 1 is 1.11 bits per heavy atom. The van der Waals surface area contributed by atoms with E-state index in [1.165, 1.54) is 0 Å². The predicted molar refractivity (Wildman–Crippen MR) is 146 cm³/mol. The Morgan fingerprint density at radius 3 is 2.49 bits per heavy atom. The number of benzene rings is 2. The molecule has 0 radical (unpaired) electrons. The van der Waals surface area contributed by atoms with Gasteiger partial charge in [0.05, 0.1) is 15.7 Å². The van der Waals surface area contributed by atoms with E-state index < -0.39 is 5.60 Å². The van der Waals surface area contributed by atoms with Gasteiger partial charge >= 0.3 is 6.09 Å². The molecule has 0 spiro atoms. The number of carbonyl (C=O) groups excluding carboxylic acids is 2. The maximum absolute atomic E-state index is 12.4. The Bertz CT molecular complexity index is 1280. The fourth-order valence-electron chi connectivity index (χ4n) is 4.79. The van der Waals surface area contributed by atoms with Crippen LogP contribution in [0, 0.1) is 5.92 Å². The highest BCUT2D eigenvalue weighted by Crippen LogP contribution is 2.36. The van der Waals surface area contributed by atoms with Crippen molar-refractivity contribution < 1.29 is 19.1 Å². The Kier molecular flexibility index (Phi) is 6.98. The van der Waals surface area contributed by atoms with Gasteiger partial charge in [0.25, 0.3) is 0 Å². The number of nitrogens with zero attached hydrogens (tertiary/aromatic N) is 3. The SMILES string of the molecule is C[C@@H](Oc1cc(-c2ccc(N3CCN(C(=O)OC(C)(C)C)CC3)cc2)cc2ncsc12)[C@H]1CNC(=O)C1. The van der Waals surface area contributed by atoms with Gasteiger partial charge in [0.2, 0.25) is 5.91 Å². The van der Waals surface area contributed by atoms with Crippen molar-refractivity contribution in [2.75, 3.05) is 37.6 Å². The van der Waals surface area contributed by atoms with E-state index in [0.29, 0.717) is 26.1 Å². The van der Waals surface area contributed by atoms with Crippen molar-refractivity contribution in [1.29, 1.82) is 0 Å². The van der Waals surface area contributed by atoms with Gasteiger partial charge in [-0.3, -0.25) is 4.79 Å². The predicted octanol–water partition coefficient (Wildman–Crippen LogP) is 4.92. The maximum Gasteiger partial charge on any atom is 0.410 e. The van der Waals surface area contributed by atoms with E-state index in [-0.39, 0.29) is 24.0 Å². The van der Waals surface area contributed by atoms with Crippen LogP contribution >= 0.6 is 11.3 Å². The molecule has 2 aliphatic rings. The minimum absolute atomic E-state index is 0.0822. The minimum Gasteiger partial charge on any atom is -0.489 e. The Hall–Kier alpha value is -3.33. The number of rotatable bonds is 5. The standard InChI is InChI=1S/C28H34N4O4S/c1-18(21-15-25(33)29-16-21)35-24-14-20(13-23-26(24)37-17-30-23)19-5-7-22(8-6-19)31-9-11-32(12-10-31)27(34)36-28(2,3)4/h5-8,13-14,17-18,21H,9-12,15-16H2,1-4H3,(H,29,33)/t18-,21-/m1/s1. The number of ether oxygens (including phenoxy) is 2. The van der Waals surface area contributed by atoms with Gasteiger partial charge < -0.3 is 24.6 Å². The van der Waals surface area contributed by atoms with E-state index in [1.54, 1.807) is 16.2 Å². The molecular formula is C28H34N4O4S. The molecule has 5 rings (SSSR count). The van der Waals surface area contributed by atoms with Crippen LogP contribution in [0.5, 0.6) is 5.75 Å². The lowest BCUT2D eigenvalue weighted by Crippen LogP contribution is -2.50. The zero-order chi connectivity index (χ0) is 26.2. The average Bonchev–Trinajstić information content (AvgIpc) is 3.52. The number of amides is 2. The van der Waals surface area contributed by atoms with E-state index in [1.807, 2.05) is 33.2 Å². The zero-order valence-electron chi connectivity index (χ0n) is 21.8. The number of hydrogen-bond acceptors (Lipinski definition) is 7. The number of fused-ring (bicyclic) bond motifs is 1. The van der Waals surface area contributed by atoms with E-state index >= 15 is 0 Å². The second-order valence-corrected chi connectivity index (χ2v) is 11.6. The van der Waals surface area contributed by atoms with Crippen LogP contribution in [0.1, 0.15) is 34.1 Å². The lowest BCUT2D eigenvalue weighted by atomic mass is 10.0. The third kappa shape index (κ3) is 5.82. The molecule has 9 heteroatoms. The fourth-order valence-corrected chi connectivity index (χ4v) is 5.51. The van der Waals surface area contributed by atoms with Crippen LogP contribution in [-0.2, 0) is 9.53 Å². The summed E-state index contributed by atoms with van der Waals surface area (Å²) in [7, 11) is 0. The van der Waals surface area contributed by atoms with Gasteiger partial charge in [-0.2, -0.15) is 0 Å². The third-order valence-electron chi connectivity index (χ3n) is 6.88. The number of thiazole rings is 1. The van der Waals surface area contributed by atoms with Gasteiger partial charge in [-0.05, 0) is 63.1 Å². The van der Waals surface area contributed by atoms with Gasteiger partial charge in [-0.25, -0.2) is 9.78 Å². The van der Waals surface area contributed by atoms with E-state index in [2.05, 4.69) is 51.6 Å². The van der Waals surface area contributed by atoms with Crippen LogP contribution in [0.3, 0.4) is 0 Å². The first-order valence-electron chi connectivity index (χ1n) is 12.8. The first-order valence-corrected chi connectivity index (χ1v) is 13.7. The molecule has 2 atom stereocenters. The van der Waals surface area contributed by atoms with Gasteiger partial charge in [0.15, 0.2) is 0 Å². The van der Waals surface area contributed by atoms with Crippen LogP contribution in [0.25, 0.3) is 21.3 Å². The van der Waals surface area contributed by atoms with Crippen LogP contribution in [-0.4, -0.2) is 66.3 Å². The quantitative estimate of drug-likeness (QED) is 0.512. The number of aromatic nitrogens is 1. The fraction of sp³-hybridized carbons (Fsp3) is 0.464. The van der Waals surface area contributed by atoms with Crippen molar-refractivity contribution in [1.82, 2.24) is 15.2 Å². The summed E-state index contributed by atoms with van der Waals surface area (Å²) in [4.78, 5) is 32.6. The number of nitrogens with one attached hydrogen (secondary N) is 1. The normalized spacial score (nSPS) is 19.1. The van der Waals surface area contributed by atoms with Crippen molar-refractivity contribution in [2.45, 2.75) is 45.8 Å². The van der Waals surface area contributed by atoms with Crippen molar-refractivity contribution in [2.24, 2.45) is 5.92 Å². The van der Waals surface area contributed by atoms with Gasteiger partial charge in [-0.15, -0.1) is 11.3 Å². The van der Waals surface area contributed by atoms with Gasteiger partial charge in [0.1, 0.15) is 17.5 Å². The first kappa shape index (κ1) is 25.3. The number of anilines is 1. The molecule has 0 aliphatic carbocycles. The summed E-state index contributed by atoms with van der Waals surface area (Å²) < 4.78 is 12.9. The topological polar surface area (TPSA) is 84.0 Å². The lowest BCUT2D eigenvalue weighted by molar-refractivity contribution is -0.119. The summed E-state index contributed by atoms with van der Waals surface area (Å²) in [6.45, 7) is 11.1. The highest BCUT2D eigenvalue weighted by Gasteiger charge is 2.29. The molecule has 0 bridgehead atoms. The molecule has 196 valence electrons. The highest BCUT2D eigenvalue weighted by molar-refractivity contribution is 7.17. The van der Waals surface area contributed by atoms with E-state index in [0.717, 1.165) is 45.9 Å². The third-order valence-corrected chi connectivity index (χ3v) is 7.74. The van der Waals surface area contributed by atoms with Gasteiger partial charge in [-0.1, -0.05) is 12.1 Å². The Labute approximate surface area is 221 Å². The van der Waals surface area contributed by atoms with Crippen molar-refractivity contribution >= 4 is 39.2 Å². The maximum atomic E-state index is 12.4. The second kappa shape index (κ2) is 10.2. The summed E-state index contributed by atoms with van der Waals surface area (Å²) in [6.07, 6.45) is 0.171. The molecule has 1 N–H and O–H groups in total. The lowest BCUT2D eigenvalue weighted by Gasteiger charge is -2.36. The number of carbonyl (C=O) groups is 2. The molecule has 3 aromatic rings. The number of hydrogen-bond donors (Lipinski definition) is 1. The van der Waals surface area contributed by atoms with Crippen LogP contribution < -0.4 is 15.0 Å². The molecule has 2 fully saturated rings. The van der Waals surface area contributed by atoms with E-state index in [9.17, 15) is 9.59 Å². The average molecular weight is 523 g/mol. The summed E-state index contributed by atoms with van der Waals surface area (Å²) in [5, 5.41) is 2.90. The molecule has 2 amide bonds. The smallest absolute Gasteiger partial charge is 0.410 e. The molecule has 0 unspecified atom stereocenters. The van der Waals surface area contributed by atoms with Crippen LogP contribution in [0.4, 0.5) is 10.5 Å². The van der Waals surface area contributed by atoms with Crippen LogP contribution in [0.2, 0.25) is 0 Å². The molecule has 2 saturated heterocycles. The molecule has 3 heterocycles. The van der Waals surface area contributed by atoms with Crippen molar-refractivity contribution in [3.8, 4) is 16.9 Å². The van der Waals surface area contributed by atoms with Crippen molar-refractivity contribution in [3.05, 3.63) is 41.9 Å². The Balaban J connectivity index is 1.28. The minimum atomic E-state index is -0.485.